The number of hydrogen-bond donors (Lipinski definition) is 1. The van der Waals surface area contributed by atoms with Crippen LogP contribution in [0.3, 0.4) is 0 Å². The maximum atomic E-state index is 5.79. The van der Waals surface area contributed by atoms with Gasteiger partial charge in [0.2, 0.25) is 0 Å². The van der Waals surface area contributed by atoms with Crippen molar-refractivity contribution in [2.45, 2.75) is 18.9 Å². The van der Waals surface area contributed by atoms with Crippen LogP contribution in [0.25, 0.3) is 0 Å². The number of hydrogen-bond acceptors (Lipinski definition) is 3. The lowest BCUT2D eigenvalue weighted by molar-refractivity contribution is 0.177. The topological polar surface area (TPSA) is 53.1 Å². The zero-order chi connectivity index (χ0) is 9.68. The summed E-state index contributed by atoms with van der Waals surface area (Å²) in [5.74, 6) is 0. The van der Waals surface area contributed by atoms with Crippen molar-refractivity contribution in [3.05, 3.63) is 18.0 Å². The first-order chi connectivity index (χ1) is 6.22. The summed E-state index contributed by atoms with van der Waals surface area (Å²) < 4.78 is 6.75. The first-order valence-corrected chi connectivity index (χ1v) is 4.44. The minimum atomic E-state index is 0.130. The van der Waals surface area contributed by atoms with E-state index in [0.29, 0.717) is 6.61 Å². The van der Waals surface area contributed by atoms with Gasteiger partial charge in [-0.3, -0.25) is 4.68 Å². The predicted molar refractivity (Wildman–Crippen MR) is 51.4 cm³/mol. The summed E-state index contributed by atoms with van der Waals surface area (Å²) in [7, 11) is 3.59. The second kappa shape index (κ2) is 4.99. The number of aryl methyl sites for hydroxylation is 2. The average molecular weight is 183 g/mol. The molecule has 1 heterocycles. The van der Waals surface area contributed by atoms with Gasteiger partial charge in [-0.15, -0.1) is 0 Å². The van der Waals surface area contributed by atoms with Gasteiger partial charge in [-0.25, -0.2) is 0 Å². The Morgan fingerprint density at radius 3 is 3.00 bits per heavy atom. The van der Waals surface area contributed by atoms with Crippen LogP contribution in [0.1, 0.15) is 12.0 Å². The molecule has 1 aromatic heterocycles. The zero-order valence-corrected chi connectivity index (χ0v) is 8.23. The Bertz CT molecular complexity index is 247. The second-order valence-electron chi connectivity index (χ2n) is 3.28. The van der Waals surface area contributed by atoms with Crippen LogP contribution in [0, 0.1) is 0 Å². The van der Waals surface area contributed by atoms with Crippen LogP contribution < -0.4 is 5.73 Å². The van der Waals surface area contributed by atoms with E-state index < -0.39 is 0 Å². The fourth-order valence-electron chi connectivity index (χ4n) is 1.25. The van der Waals surface area contributed by atoms with Crippen LogP contribution in [0.2, 0.25) is 0 Å². The monoisotopic (exact) mass is 183 g/mol. The van der Waals surface area contributed by atoms with E-state index in [-0.39, 0.29) is 6.04 Å². The number of ether oxygens (including phenoxy) is 1. The van der Waals surface area contributed by atoms with Crippen molar-refractivity contribution < 1.29 is 4.74 Å². The van der Waals surface area contributed by atoms with Crippen molar-refractivity contribution in [2.75, 3.05) is 13.7 Å². The average Bonchev–Trinajstić information content (AvgIpc) is 2.49. The Morgan fingerprint density at radius 1 is 1.69 bits per heavy atom. The number of aromatic nitrogens is 2. The molecular weight excluding hydrogens is 166 g/mol. The Morgan fingerprint density at radius 2 is 2.46 bits per heavy atom. The van der Waals surface area contributed by atoms with Gasteiger partial charge < -0.3 is 10.5 Å². The third kappa shape index (κ3) is 3.57. The van der Waals surface area contributed by atoms with Gasteiger partial charge in [0, 0.05) is 26.4 Å². The maximum Gasteiger partial charge on any atom is 0.0613 e. The van der Waals surface area contributed by atoms with Crippen LogP contribution in [0.15, 0.2) is 12.4 Å². The van der Waals surface area contributed by atoms with E-state index in [1.54, 1.807) is 11.8 Å². The molecule has 0 amide bonds. The van der Waals surface area contributed by atoms with E-state index >= 15 is 0 Å². The molecule has 2 N–H and O–H groups in total. The van der Waals surface area contributed by atoms with Gasteiger partial charge in [0.05, 0.1) is 12.8 Å². The summed E-state index contributed by atoms with van der Waals surface area (Å²) in [6.07, 6.45) is 5.80. The van der Waals surface area contributed by atoms with E-state index in [4.69, 9.17) is 10.5 Å². The first-order valence-electron chi connectivity index (χ1n) is 4.44. The molecular formula is C9H17N3O. The summed E-state index contributed by atoms with van der Waals surface area (Å²) >= 11 is 0. The standard InChI is InChI=1S/C9H17N3O/c1-12-6-8(5-11-12)3-4-9(10)7-13-2/h5-6,9H,3-4,7,10H2,1-2H3. The molecule has 0 saturated heterocycles. The molecule has 4 nitrogen and oxygen atoms in total. The van der Waals surface area contributed by atoms with Crippen molar-refractivity contribution >= 4 is 0 Å². The van der Waals surface area contributed by atoms with Crippen molar-refractivity contribution in [3.8, 4) is 0 Å². The highest BCUT2D eigenvalue weighted by atomic mass is 16.5. The minimum absolute atomic E-state index is 0.130. The summed E-state index contributed by atoms with van der Waals surface area (Å²) in [5, 5.41) is 4.09. The molecule has 13 heavy (non-hydrogen) atoms. The van der Waals surface area contributed by atoms with Crippen LogP contribution in [0.4, 0.5) is 0 Å². The Kier molecular flexibility index (Phi) is 3.92. The highest BCUT2D eigenvalue weighted by Gasteiger charge is 2.03. The zero-order valence-electron chi connectivity index (χ0n) is 8.23. The molecule has 74 valence electrons. The normalized spacial score (nSPS) is 13.2. The van der Waals surface area contributed by atoms with E-state index in [1.807, 2.05) is 19.4 Å². The first kappa shape index (κ1) is 10.2. The lowest BCUT2D eigenvalue weighted by Crippen LogP contribution is -2.25. The van der Waals surface area contributed by atoms with Crippen LogP contribution in [-0.4, -0.2) is 29.5 Å². The van der Waals surface area contributed by atoms with Gasteiger partial charge in [-0.05, 0) is 18.4 Å². The molecule has 0 spiro atoms. The number of nitrogens with zero attached hydrogens (tertiary/aromatic N) is 2. The summed E-state index contributed by atoms with van der Waals surface area (Å²) in [6, 6.07) is 0.130. The third-order valence-electron chi connectivity index (χ3n) is 1.94. The molecule has 1 aromatic rings. The summed E-state index contributed by atoms with van der Waals surface area (Å²) in [5.41, 5.74) is 7.02. The molecule has 4 heteroatoms. The molecule has 1 unspecified atom stereocenters. The Hall–Kier alpha value is -0.870. The number of methoxy groups -OCH3 is 1. The van der Waals surface area contributed by atoms with Crippen molar-refractivity contribution in [3.63, 3.8) is 0 Å². The fraction of sp³-hybridized carbons (Fsp3) is 0.667. The van der Waals surface area contributed by atoms with Gasteiger partial charge in [0.25, 0.3) is 0 Å². The second-order valence-corrected chi connectivity index (χ2v) is 3.28. The van der Waals surface area contributed by atoms with Gasteiger partial charge in [0.1, 0.15) is 0 Å². The Labute approximate surface area is 78.7 Å². The predicted octanol–water partition coefficient (Wildman–Crippen LogP) is 0.326. The van der Waals surface area contributed by atoms with Crippen molar-refractivity contribution in [1.29, 1.82) is 0 Å². The lowest BCUT2D eigenvalue weighted by Gasteiger charge is -2.08. The van der Waals surface area contributed by atoms with Crippen molar-refractivity contribution in [2.24, 2.45) is 12.8 Å². The summed E-state index contributed by atoms with van der Waals surface area (Å²) in [4.78, 5) is 0. The molecule has 0 aliphatic carbocycles. The fourth-order valence-corrected chi connectivity index (χ4v) is 1.25. The number of nitrogens with two attached hydrogens (primary N) is 1. The van der Waals surface area contributed by atoms with E-state index in [0.717, 1.165) is 12.8 Å². The highest BCUT2D eigenvalue weighted by Crippen LogP contribution is 2.02. The molecule has 1 rings (SSSR count). The molecule has 1 atom stereocenters. The van der Waals surface area contributed by atoms with E-state index in [1.165, 1.54) is 5.56 Å². The van der Waals surface area contributed by atoms with Crippen LogP contribution in [0.5, 0.6) is 0 Å². The van der Waals surface area contributed by atoms with Crippen LogP contribution >= 0.6 is 0 Å². The molecule has 0 aliphatic heterocycles. The van der Waals surface area contributed by atoms with Gasteiger partial charge >= 0.3 is 0 Å². The van der Waals surface area contributed by atoms with E-state index in [9.17, 15) is 0 Å². The molecule has 0 bridgehead atoms. The number of rotatable bonds is 5. The van der Waals surface area contributed by atoms with Gasteiger partial charge in [-0.2, -0.15) is 5.10 Å². The molecule has 0 fully saturated rings. The summed E-state index contributed by atoms with van der Waals surface area (Å²) in [6.45, 7) is 0.625. The smallest absolute Gasteiger partial charge is 0.0613 e. The highest BCUT2D eigenvalue weighted by molar-refractivity contribution is 5.03. The van der Waals surface area contributed by atoms with E-state index in [2.05, 4.69) is 5.10 Å². The van der Waals surface area contributed by atoms with Gasteiger partial charge in [-0.1, -0.05) is 0 Å². The third-order valence-corrected chi connectivity index (χ3v) is 1.94. The SMILES string of the molecule is COCC(N)CCc1cnn(C)c1. The molecule has 0 aromatic carbocycles. The Balaban J connectivity index is 2.26. The van der Waals surface area contributed by atoms with Crippen molar-refractivity contribution in [1.82, 2.24) is 9.78 Å². The molecule has 0 saturated carbocycles. The molecule has 0 radical (unpaired) electrons. The largest absolute Gasteiger partial charge is 0.383 e. The van der Waals surface area contributed by atoms with Gasteiger partial charge in [0.15, 0.2) is 0 Å². The molecule has 0 aliphatic rings. The minimum Gasteiger partial charge on any atom is -0.383 e. The quantitative estimate of drug-likeness (QED) is 0.715. The van der Waals surface area contributed by atoms with Crippen LogP contribution in [-0.2, 0) is 18.2 Å². The lowest BCUT2D eigenvalue weighted by atomic mass is 10.1. The maximum absolute atomic E-state index is 5.79.